The Morgan fingerprint density at radius 3 is 2.89 bits per heavy atom. The van der Waals surface area contributed by atoms with Crippen LogP contribution in [0, 0.1) is 5.92 Å². The van der Waals surface area contributed by atoms with Gasteiger partial charge in [0, 0.05) is 11.2 Å². The van der Waals surface area contributed by atoms with Gasteiger partial charge in [-0.2, -0.15) is 0 Å². The molecule has 0 N–H and O–H groups in total. The normalized spacial score (nSPS) is 28.0. The van der Waals surface area contributed by atoms with Gasteiger partial charge in [0.05, 0.1) is 0 Å². The fourth-order valence-corrected chi connectivity index (χ4v) is 4.44. The largest absolute Gasteiger partial charge is 0.303 e. The molecule has 1 nitrogen and oxygen atoms in total. The van der Waals surface area contributed by atoms with Gasteiger partial charge < -0.3 is 4.90 Å². The minimum atomic E-state index is 0.849. The van der Waals surface area contributed by atoms with Crippen molar-refractivity contribution in [2.45, 2.75) is 25.2 Å². The summed E-state index contributed by atoms with van der Waals surface area (Å²) in [6.07, 6.45) is 4.24. The fraction of sp³-hybridized carbons (Fsp3) is 0.500. The lowest BCUT2D eigenvalue weighted by Crippen LogP contribution is -2.22. The van der Waals surface area contributed by atoms with Gasteiger partial charge in [0.1, 0.15) is 0 Å². The minimum absolute atomic E-state index is 0.849. The molecule has 0 bridgehead atoms. The smallest absolute Gasteiger partial charge is 0.0345 e. The molecule has 4 rings (SSSR count). The highest BCUT2D eigenvalue weighted by molar-refractivity contribution is 7.17. The van der Waals surface area contributed by atoms with E-state index in [0.717, 1.165) is 11.8 Å². The molecule has 94 valence electrons. The van der Waals surface area contributed by atoms with E-state index >= 15 is 0 Å². The van der Waals surface area contributed by atoms with E-state index in [2.05, 4.69) is 34.5 Å². The number of thiophene rings is 1. The van der Waals surface area contributed by atoms with Crippen LogP contribution in [0.4, 0.5) is 0 Å². The molecule has 1 aromatic carbocycles. The maximum atomic E-state index is 2.67. The van der Waals surface area contributed by atoms with E-state index < -0.39 is 0 Å². The molecule has 2 aromatic rings. The third-order valence-electron chi connectivity index (χ3n) is 4.52. The van der Waals surface area contributed by atoms with Crippen LogP contribution < -0.4 is 0 Å². The van der Waals surface area contributed by atoms with Gasteiger partial charge >= 0.3 is 0 Å². The molecule has 0 radical (unpaired) electrons. The van der Waals surface area contributed by atoms with Gasteiger partial charge in [0.2, 0.25) is 0 Å². The Kier molecular flexibility index (Phi) is 2.66. The van der Waals surface area contributed by atoms with Gasteiger partial charge in [0.25, 0.3) is 0 Å². The lowest BCUT2D eigenvalue weighted by Gasteiger charge is -2.13. The van der Waals surface area contributed by atoms with Crippen molar-refractivity contribution in [1.82, 2.24) is 4.90 Å². The molecule has 0 spiro atoms. The Labute approximate surface area is 112 Å². The molecule has 2 heterocycles. The summed E-state index contributed by atoms with van der Waals surface area (Å²) in [4.78, 5) is 2.67. The minimum Gasteiger partial charge on any atom is -0.303 e. The lowest BCUT2D eigenvalue weighted by atomic mass is 10.1. The number of hydrogen-bond acceptors (Lipinski definition) is 2. The van der Waals surface area contributed by atoms with E-state index in [1.54, 1.807) is 5.56 Å². The second kappa shape index (κ2) is 4.36. The summed E-state index contributed by atoms with van der Waals surface area (Å²) in [5, 5.41) is 3.91. The molecule has 1 saturated heterocycles. The average molecular weight is 257 g/mol. The van der Waals surface area contributed by atoms with Gasteiger partial charge in [-0.25, -0.2) is 0 Å². The highest BCUT2D eigenvalue weighted by atomic mass is 32.1. The first-order chi connectivity index (χ1) is 8.92. The number of fused-ring (bicyclic) bond motifs is 1. The maximum absolute atomic E-state index is 2.67. The topological polar surface area (TPSA) is 3.24 Å². The second-order valence-corrected chi connectivity index (χ2v) is 6.71. The van der Waals surface area contributed by atoms with E-state index in [-0.39, 0.29) is 0 Å². The fourth-order valence-electron chi connectivity index (χ4n) is 3.41. The standard InChI is InChI=1S/C16H19NS/c1-2-6-16-13(5-1)15(11-18-16)14-9-12(14)10-17-7-3-4-8-17/h1-2,5-6,11-12,14H,3-4,7-10H2. The van der Waals surface area contributed by atoms with E-state index in [1.807, 2.05) is 11.3 Å². The van der Waals surface area contributed by atoms with Crippen molar-refractivity contribution in [3.63, 3.8) is 0 Å². The number of hydrogen-bond donors (Lipinski definition) is 0. The highest BCUT2D eigenvalue weighted by Crippen LogP contribution is 2.51. The molecule has 1 aliphatic carbocycles. The van der Waals surface area contributed by atoms with Gasteiger partial charge in [-0.3, -0.25) is 0 Å². The van der Waals surface area contributed by atoms with Crippen molar-refractivity contribution in [3.05, 3.63) is 35.2 Å². The molecular formula is C16H19NS. The maximum Gasteiger partial charge on any atom is 0.0345 e. The van der Waals surface area contributed by atoms with Crippen LogP contribution in [0.1, 0.15) is 30.7 Å². The molecule has 2 aliphatic rings. The van der Waals surface area contributed by atoms with Gasteiger partial charge in [-0.15, -0.1) is 11.3 Å². The third kappa shape index (κ3) is 1.88. The number of nitrogens with zero attached hydrogens (tertiary/aromatic N) is 1. The summed E-state index contributed by atoms with van der Waals surface area (Å²) in [5.74, 6) is 1.78. The first kappa shape index (κ1) is 11.0. The molecule has 2 unspecified atom stereocenters. The van der Waals surface area contributed by atoms with Crippen molar-refractivity contribution in [2.24, 2.45) is 5.92 Å². The molecular weight excluding hydrogens is 238 g/mol. The van der Waals surface area contributed by atoms with Gasteiger partial charge in [-0.1, -0.05) is 18.2 Å². The van der Waals surface area contributed by atoms with E-state index in [9.17, 15) is 0 Å². The Hall–Kier alpha value is -0.860. The van der Waals surface area contributed by atoms with E-state index in [0.29, 0.717) is 0 Å². The summed E-state index contributed by atoms with van der Waals surface area (Å²) in [6, 6.07) is 8.88. The van der Waals surface area contributed by atoms with Crippen molar-refractivity contribution in [2.75, 3.05) is 19.6 Å². The van der Waals surface area contributed by atoms with E-state index in [1.165, 1.54) is 49.0 Å². The third-order valence-corrected chi connectivity index (χ3v) is 5.51. The summed E-state index contributed by atoms with van der Waals surface area (Å²) in [6.45, 7) is 4.02. The number of rotatable bonds is 3. The molecule has 18 heavy (non-hydrogen) atoms. The van der Waals surface area contributed by atoms with Crippen molar-refractivity contribution in [3.8, 4) is 0 Å². The van der Waals surface area contributed by atoms with Crippen LogP contribution in [-0.4, -0.2) is 24.5 Å². The summed E-state index contributed by atoms with van der Waals surface area (Å²) in [5.41, 5.74) is 1.62. The average Bonchev–Trinajstić information content (AvgIpc) is 2.81. The molecule has 2 fully saturated rings. The van der Waals surface area contributed by atoms with Crippen LogP contribution in [0.2, 0.25) is 0 Å². The van der Waals surface area contributed by atoms with E-state index in [4.69, 9.17) is 0 Å². The quantitative estimate of drug-likeness (QED) is 0.800. The van der Waals surface area contributed by atoms with Gasteiger partial charge in [0.15, 0.2) is 0 Å². The summed E-state index contributed by atoms with van der Waals surface area (Å²) < 4.78 is 1.46. The Morgan fingerprint density at radius 2 is 2.00 bits per heavy atom. The molecule has 1 aromatic heterocycles. The monoisotopic (exact) mass is 257 g/mol. The molecule has 1 saturated carbocycles. The number of benzene rings is 1. The SMILES string of the molecule is c1ccc2c(C3CC3CN3CCCC3)csc2c1. The second-order valence-electron chi connectivity index (χ2n) is 5.80. The highest BCUT2D eigenvalue weighted by Gasteiger charge is 2.40. The van der Waals surface area contributed by atoms with Crippen LogP contribution in [0.25, 0.3) is 10.1 Å². The zero-order valence-electron chi connectivity index (χ0n) is 10.6. The van der Waals surface area contributed by atoms with Crippen molar-refractivity contribution >= 4 is 21.4 Å². The zero-order chi connectivity index (χ0) is 11.9. The van der Waals surface area contributed by atoms with Crippen molar-refractivity contribution < 1.29 is 0 Å². The Morgan fingerprint density at radius 1 is 1.17 bits per heavy atom. The first-order valence-electron chi connectivity index (χ1n) is 7.10. The molecule has 0 amide bonds. The molecule has 2 heteroatoms. The lowest BCUT2D eigenvalue weighted by molar-refractivity contribution is 0.322. The predicted octanol–water partition coefficient (Wildman–Crippen LogP) is 4.10. The first-order valence-corrected chi connectivity index (χ1v) is 7.98. The number of likely N-dealkylation sites (tertiary alicyclic amines) is 1. The van der Waals surface area contributed by atoms with Crippen LogP contribution in [-0.2, 0) is 0 Å². The van der Waals surface area contributed by atoms with Crippen LogP contribution in [0.15, 0.2) is 29.6 Å². The zero-order valence-corrected chi connectivity index (χ0v) is 11.5. The van der Waals surface area contributed by atoms with Crippen LogP contribution in [0.3, 0.4) is 0 Å². The van der Waals surface area contributed by atoms with Crippen LogP contribution >= 0.6 is 11.3 Å². The summed E-state index contributed by atoms with van der Waals surface area (Å²) >= 11 is 1.91. The van der Waals surface area contributed by atoms with Crippen LogP contribution in [0.5, 0.6) is 0 Å². The van der Waals surface area contributed by atoms with Gasteiger partial charge in [-0.05, 0) is 66.6 Å². The molecule has 2 atom stereocenters. The Bertz CT molecular complexity index is 553. The van der Waals surface area contributed by atoms with Crippen molar-refractivity contribution in [1.29, 1.82) is 0 Å². The summed E-state index contributed by atoms with van der Waals surface area (Å²) in [7, 11) is 0. The molecule has 1 aliphatic heterocycles. The Balaban J connectivity index is 1.51. The predicted molar refractivity (Wildman–Crippen MR) is 78.3 cm³/mol.